The summed E-state index contributed by atoms with van der Waals surface area (Å²) in [5.74, 6) is -0.243. The highest BCUT2D eigenvalue weighted by atomic mass is 35.5. The summed E-state index contributed by atoms with van der Waals surface area (Å²) in [6, 6.07) is 7.23. The van der Waals surface area contributed by atoms with Crippen molar-refractivity contribution < 1.29 is 9.90 Å². The number of carbonyl (C=O) groups is 1. The average Bonchev–Trinajstić information content (AvgIpc) is 3.06. The van der Waals surface area contributed by atoms with E-state index in [4.69, 9.17) is 11.6 Å². The number of amides is 1. The van der Waals surface area contributed by atoms with Gasteiger partial charge < -0.3 is 15.0 Å². The second-order valence-electron chi connectivity index (χ2n) is 7.42. The molecule has 1 fully saturated rings. The third-order valence-corrected chi connectivity index (χ3v) is 5.59. The summed E-state index contributed by atoms with van der Waals surface area (Å²) in [6.07, 6.45) is 7.35. The van der Waals surface area contributed by atoms with Crippen LogP contribution in [-0.4, -0.2) is 37.7 Å². The van der Waals surface area contributed by atoms with E-state index in [0.717, 1.165) is 47.8 Å². The monoisotopic (exact) mass is 398 g/mol. The minimum atomic E-state index is -0.488. The van der Waals surface area contributed by atoms with E-state index in [1.54, 1.807) is 12.3 Å². The number of pyridine rings is 2. The van der Waals surface area contributed by atoms with E-state index >= 15 is 0 Å². The van der Waals surface area contributed by atoms with Crippen molar-refractivity contribution in [3.8, 4) is 0 Å². The normalized spacial score (nSPS) is 19.7. The van der Waals surface area contributed by atoms with Gasteiger partial charge >= 0.3 is 0 Å². The van der Waals surface area contributed by atoms with Gasteiger partial charge in [-0.05, 0) is 42.2 Å². The fourth-order valence-corrected chi connectivity index (χ4v) is 4.01. The molecular formula is C21H23ClN4O2. The lowest BCUT2D eigenvalue weighted by molar-refractivity contribution is 0.0714. The number of aliphatic hydroxyl groups excluding tert-OH is 1. The number of hydrogen-bond donors (Lipinski definition) is 2. The molecule has 1 saturated carbocycles. The van der Waals surface area contributed by atoms with E-state index in [9.17, 15) is 9.90 Å². The maximum Gasteiger partial charge on any atom is 0.270 e. The van der Waals surface area contributed by atoms with Gasteiger partial charge in [-0.15, -0.1) is 0 Å². The van der Waals surface area contributed by atoms with Crippen molar-refractivity contribution >= 4 is 28.5 Å². The lowest BCUT2D eigenvalue weighted by atomic mass is 9.92. The Hall–Kier alpha value is -2.44. The van der Waals surface area contributed by atoms with Gasteiger partial charge in [0.25, 0.3) is 5.91 Å². The lowest BCUT2D eigenvalue weighted by Crippen LogP contribution is -2.45. The average molecular weight is 399 g/mol. The van der Waals surface area contributed by atoms with Gasteiger partial charge in [-0.25, -0.2) is 9.97 Å². The molecule has 1 aliphatic carbocycles. The van der Waals surface area contributed by atoms with Crippen LogP contribution >= 0.6 is 11.6 Å². The smallest absolute Gasteiger partial charge is 0.270 e. The van der Waals surface area contributed by atoms with Crippen LogP contribution in [0.1, 0.15) is 47.3 Å². The van der Waals surface area contributed by atoms with E-state index < -0.39 is 6.10 Å². The number of rotatable bonds is 4. The maximum absolute atomic E-state index is 12.8. The highest BCUT2D eigenvalue weighted by Crippen LogP contribution is 2.23. The van der Waals surface area contributed by atoms with Crippen LogP contribution in [0, 0.1) is 0 Å². The number of aliphatic hydroxyl groups is 1. The van der Waals surface area contributed by atoms with Crippen LogP contribution < -0.4 is 5.32 Å². The Labute approximate surface area is 168 Å². The molecule has 1 aliphatic rings. The van der Waals surface area contributed by atoms with Crippen molar-refractivity contribution in [2.24, 2.45) is 7.05 Å². The Morgan fingerprint density at radius 3 is 2.89 bits per heavy atom. The molecule has 2 atom stereocenters. The first-order valence-electron chi connectivity index (χ1n) is 9.55. The predicted molar refractivity (Wildman–Crippen MR) is 108 cm³/mol. The number of carbonyl (C=O) groups excluding carboxylic acids is 1. The summed E-state index contributed by atoms with van der Waals surface area (Å²) in [6.45, 7) is 0. The third-order valence-electron chi connectivity index (χ3n) is 5.37. The van der Waals surface area contributed by atoms with Gasteiger partial charge in [0, 0.05) is 25.9 Å². The molecule has 0 bridgehead atoms. The molecule has 1 amide bonds. The van der Waals surface area contributed by atoms with Gasteiger partial charge in [-0.2, -0.15) is 0 Å². The predicted octanol–water partition coefficient (Wildman–Crippen LogP) is 3.25. The highest BCUT2D eigenvalue weighted by Gasteiger charge is 2.25. The summed E-state index contributed by atoms with van der Waals surface area (Å²) in [5.41, 5.74) is 4.14. The largest absolute Gasteiger partial charge is 0.391 e. The topological polar surface area (TPSA) is 80.0 Å². The minimum Gasteiger partial charge on any atom is -0.391 e. The Morgan fingerprint density at radius 2 is 2.14 bits per heavy atom. The van der Waals surface area contributed by atoms with Gasteiger partial charge in [0.15, 0.2) is 0 Å². The number of aromatic nitrogens is 3. The highest BCUT2D eigenvalue weighted by molar-refractivity contribution is 6.29. The van der Waals surface area contributed by atoms with Gasteiger partial charge in [-0.1, -0.05) is 30.5 Å². The van der Waals surface area contributed by atoms with Crippen molar-refractivity contribution in [2.75, 3.05) is 0 Å². The molecule has 28 heavy (non-hydrogen) atoms. The van der Waals surface area contributed by atoms with E-state index in [1.807, 2.05) is 36.0 Å². The van der Waals surface area contributed by atoms with Gasteiger partial charge in [0.1, 0.15) is 10.8 Å². The second kappa shape index (κ2) is 7.89. The molecule has 3 aromatic rings. The standard InChI is InChI=1S/C21H23ClN4O2/c1-26-9-8-16-20(26)14(10-13-6-7-19(22)23-12-13)11-17(24-16)21(28)25-15-4-2-3-5-18(15)27/h6-9,11-12,15,18,27H,2-5,10H2,1H3,(H,25,28)/t15-,18-/m0/s1. The van der Waals surface area contributed by atoms with Crippen LogP contribution in [0.5, 0.6) is 0 Å². The molecule has 146 valence electrons. The van der Waals surface area contributed by atoms with E-state index in [1.165, 1.54) is 0 Å². The van der Waals surface area contributed by atoms with Gasteiger partial charge in [0.05, 0.1) is 23.2 Å². The maximum atomic E-state index is 12.8. The zero-order chi connectivity index (χ0) is 19.7. The molecule has 0 saturated heterocycles. The molecular weight excluding hydrogens is 376 g/mol. The molecule has 6 nitrogen and oxygen atoms in total. The quantitative estimate of drug-likeness (QED) is 0.661. The van der Waals surface area contributed by atoms with Crippen LogP contribution in [-0.2, 0) is 13.5 Å². The number of aryl methyl sites for hydroxylation is 1. The van der Waals surface area contributed by atoms with Crippen LogP contribution in [0.3, 0.4) is 0 Å². The van der Waals surface area contributed by atoms with E-state index in [-0.39, 0.29) is 11.9 Å². The van der Waals surface area contributed by atoms with Crippen molar-refractivity contribution in [3.05, 3.63) is 58.6 Å². The number of nitrogens with zero attached hydrogens (tertiary/aromatic N) is 3. The van der Waals surface area contributed by atoms with Crippen LogP contribution in [0.2, 0.25) is 5.15 Å². The summed E-state index contributed by atoms with van der Waals surface area (Å²) in [4.78, 5) is 21.5. The summed E-state index contributed by atoms with van der Waals surface area (Å²) < 4.78 is 2.01. The minimum absolute atomic E-state index is 0.210. The first-order valence-corrected chi connectivity index (χ1v) is 9.93. The molecule has 3 aromatic heterocycles. The van der Waals surface area contributed by atoms with Crippen molar-refractivity contribution in [3.63, 3.8) is 0 Å². The first-order chi connectivity index (χ1) is 13.5. The zero-order valence-corrected chi connectivity index (χ0v) is 16.5. The second-order valence-corrected chi connectivity index (χ2v) is 7.81. The Bertz CT molecular complexity index is 1000. The van der Waals surface area contributed by atoms with Gasteiger partial charge in [-0.3, -0.25) is 4.79 Å². The lowest BCUT2D eigenvalue weighted by Gasteiger charge is -2.28. The van der Waals surface area contributed by atoms with Crippen molar-refractivity contribution in [1.29, 1.82) is 0 Å². The SMILES string of the molecule is Cn1ccc2nc(C(=O)N[C@H]3CCCC[C@@H]3O)cc(Cc3ccc(Cl)nc3)c21. The zero-order valence-electron chi connectivity index (χ0n) is 15.7. The summed E-state index contributed by atoms with van der Waals surface area (Å²) in [7, 11) is 1.96. The fraction of sp³-hybridized carbons (Fsp3) is 0.381. The Balaban J connectivity index is 1.65. The molecule has 0 unspecified atom stereocenters. The third kappa shape index (κ3) is 3.88. The first kappa shape index (κ1) is 18.9. The molecule has 4 rings (SSSR count). The molecule has 0 aliphatic heterocycles. The molecule has 3 heterocycles. The van der Waals surface area contributed by atoms with E-state index in [0.29, 0.717) is 17.3 Å². The number of halogens is 1. The number of nitrogens with one attached hydrogen (secondary N) is 1. The number of fused-ring (bicyclic) bond motifs is 1. The summed E-state index contributed by atoms with van der Waals surface area (Å²) in [5, 5.41) is 13.6. The molecule has 2 N–H and O–H groups in total. The van der Waals surface area contributed by atoms with E-state index in [2.05, 4.69) is 15.3 Å². The number of hydrogen-bond acceptors (Lipinski definition) is 4. The molecule has 0 spiro atoms. The Kier molecular flexibility index (Phi) is 5.33. The van der Waals surface area contributed by atoms with Crippen LogP contribution in [0.15, 0.2) is 36.7 Å². The molecule has 0 radical (unpaired) electrons. The molecule has 0 aromatic carbocycles. The Morgan fingerprint density at radius 1 is 1.32 bits per heavy atom. The van der Waals surface area contributed by atoms with Crippen molar-refractivity contribution in [1.82, 2.24) is 19.9 Å². The van der Waals surface area contributed by atoms with Gasteiger partial charge in [0.2, 0.25) is 0 Å². The molecule has 7 heteroatoms. The summed E-state index contributed by atoms with van der Waals surface area (Å²) >= 11 is 5.89. The fourth-order valence-electron chi connectivity index (χ4n) is 3.90. The van der Waals surface area contributed by atoms with Crippen molar-refractivity contribution in [2.45, 2.75) is 44.2 Å². The van der Waals surface area contributed by atoms with Crippen LogP contribution in [0.25, 0.3) is 11.0 Å². The van der Waals surface area contributed by atoms with Crippen LogP contribution in [0.4, 0.5) is 0 Å².